The van der Waals surface area contributed by atoms with Crippen molar-refractivity contribution in [2.24, 2.45) is 0 Å². The Balaban J connectivity index is 2.70. The van der Waals surface area contributed by atoms with Crippen LogP contribution < -0.4 is 16.4 Å². The Morgan fingerprint density at radius 3 is 2.95 bits per heavy atom. The SMILES string of the molecule is C=CCNC(=O)c1sc(NCCCOCC)c(SC)c1N. The molecule has 0 spiro atoms. The zero-order valence-electron chi connectivity index (χ0n) is 12.5. The van der Waals surface area contributed by atoms with E-state index in [9.17, 15) is 4.79 Å². The number of thioether (sulfide) groups is 1. The number of hydrogen-bond acceptors (Lipinski definition) is 6. The average molecular weight is 329 g/mol. The summed E-state index contributed by atoms with van der Waals surface area (Å²) < 4.78 is 5.30. The molecule has 1 aromatic rings. The number of thiophene rings is 1. The molecule has 1 heterocycles. The standard InChI is InChI=1S/C14H23N3O2S2/c1-4-7-16-13(18)11-10(15)12(20-3)14(21-11)17-8-6-9-19-5-2/h4,17H,1,5-9,15H2,2-3H3,(H,16,18). The molecule has 0 radical (unpaired) electrons. The molecule has 1 aromatic heterocycles. The molecule has 1 amide bonds. The van der Waals surface area contributed by atoms with Gasteiger partial charge in [-0.3, -0.25) is 4.79 Å². The normalized spacial score (nSPS) is 10.4. The fraction of sp³-hybridized carbons (Fsp3) is 0.500. The highest BCUT2D eigenvalue weighted by atomic mass is 32.2. The van der Waals surface area contributed by atoms with Crippen molar-refractivity contribution in [2.75, 3.05) is 43.6 Å². The summed E-state index contributed by atoms with van der Waals surface area (Å²) in [6.45, 7) is 8.25. The third-order valence-corrected chi connectivity index (χ3v) is 4.80. The summed E-state index contributed by atoms with van der Waals surface area (Å²) >= 11 is 2.93. The van der Waals surface area contributed by atoms with Gasteiger partial charge in [0.15, 0.2) is 0 Å². The summed E-state index contributed by atoms with van der Waals surface area (Å²) in [5.41, 5.74) is 6.62. The Labute approximate surface area is 134 Å². The predicted molar refractivity (Wildman–Crippen MR) is 92.6 cm³/mol. The second-order valence-electron chi connectivity index (χ2n) is 4.18. The van der Waals surface area contributed by atoms with Gasteiger partial charge in [-0.15, -0.1) is 29.7 Å². The van der Waals surface area contributed by atoms with Crippen LogP contribution in [-0.4, -0.2) is 38.5 Å². The number of nitrogen functional groups attached to an aromatic ring is 1. The van der Waals surface area contributed by atoms with Crippen molar-refractivity contribution >= 4 is 39.7 Å². The first kappa shape index (κ1) is 17.9. The number of amides is 1. The lowest BCUT2D eigenvalue weighted by Crippen LogP contribution is -2.23. The van der Waals surface area contributed by atoms with Gasteiger partial charge in [-0.1, -0.05) is 6.08 Å². The summed E-state index contributed by atoms with van der Waals surface area (Å²) in [4.78, 5) is 13.5. The summed E-state index contributed by atoms with van der Waals surface area (Å²) in [7, 11) is 0. The number of rotatable bonds is 10. The summed E-state index contributed by atoms with van der Waals surface area (Å²) in [6, 6.07) is 0. The van der Waals surface area contributed by atoms with Crippen molar-refractivity contribution in [1.82, 2.24) is 5.32 Å². The van der Waals surface area contributed by atoms with Crippen molar-refractivity contribution in [1.29, 1.82) is 0 Å². The number of carbonyl (C=O) groups is 1. The molecule has 0 fully saturated rings. The Hall–Kier alpha value is -1.18. The van der Waals surface area contributed by atoms with Crippen LogP contribution in [0.15, 0.2) is 17.6 Å². The van der Waals surface area contributed by atoms with Gasteiger partial charge in [-0.05, 0) is 19.6 Å². The number of nitrogens with one attached hydrogen (secondary N) is 2. The van der Waals surface area contributed by atoms with Crippen LogP contribution in [0.4, 0.5) is 10.7 Å². The molecule has 0 saturated heterocycles. The number of ether oxygens (including phenoxy) is 1. The van der Waals surface area contributed by atoms with E-state index in [1.165, 1.54) is 11.3 Å². The van der Waals surface area contributed by atoms with Crippen molar-refractivity contribution in [3.05, 3.63) is 17.5 Å². The maximum absolute atomic E-state index is 12.0. The second-order valence-corrected chi connectivity index (χ2v) is 6.02. The van der Waals surface area contributed by atoms with Crippen LogP contribution in [0.1, 0.15) is 23.0 Å². The van der Waals surface area contributed by atoms with Gasteiger partial charge in [0.05, 0.1) is 10.6 Å². The second kappa shape index (κ2) is 9.70. The minimum atomic E-state index is -0.157. The summed E-state index contributed by atoms with van der Waals surface area (Å²) in [6.07, 6.45) is 4.51. The number of anilines is 2. The third-order valence-electron chi connectivity index (χ3n) is 2.67. The van der Waals surface area contributed by atoms with E-state index in [0.717, 1.165) is 36.1 Å². The quantitative estimate of drug-likeness (QED) is 0.349. The van der Waals surface area contributed by atoms with E-state index in [2.05, 4.69) is 17.2 Å². The van der Waals surface area contributed by atoms with E-state index in [-0.39, 0.29) is 5.91 Å². The van der Waals surface area contributed by atoms with E-state index in [4.69, 9.17) is 10.5 Å². The fourth-order valence-electron chi connectivity index (χ4n) is 1.68. The molecule has 118 valence electrons. The van der Waals surface area contributed by atoms with Gasteiger partial charge in [0.1, 0.15) is 9.88 Å². The molecule has 0 saturated carbocycles. The van der Waals surface area contributed by atoms with Crippen LogP contribution in [0.3, 0.4) is 0 Å². The third kappa shape index (κ3) is 5.26. The van der Waals surface area contributed by atoms with Gasteiger partial charge < -0.3 is 21.1 Å². The van der Waals surface area contributed by atoms with E-state index in [0.29, 0.717) is 17.1 Å². The highest BCUT2D eigenvalue weighted by Gasteiger charge is 2.20. The molecule has 4 N–H and O–H groups in total. The summed E-state index contributed by atoms with van der Waals surface area (Å²) in [5.74, 6) is -0.157. The van der Waals surface area contributed by atoms with Crippen molar-refractivity contribution < 1.29 is 9.53 Å². The van der Waals surface area contributed by atoms with Crippen molar-refractivity contribution in [3.8, 4) is 0 Å². The first-order chi connectivity index (χ1) is 10.2. The topological polar surface area (TPSA) is 76.4 Å². The average Bonchev–Trinajstić information content (AvgIpc) is 2.80. The van der Waals surface area contributed by atoms with Crippen LogP contribution in [0, 0.1) is 0 Å². The predicted octanol–water partition coefficient (Wildman–Crippen LogP) is 2.81. The van der Waals surface area contributed by atoms with Crippen LogP contribution in [-0.2, 0) is 4.74 Å². The van der Waals surface area contributed by atoms with Gasteiger partial charge in [-0.2, -0.15) is 0 Å². The molecule has 0 aliphatic heterocycles. The highest BCUT2D eigenvalue weighted by molar-refractivity contribution is 7.99. The zero-order chi connectivity index (χ0) is 15.7. The lowest BCUT2D eigenvalue weighted by Gasteiger charge is -2.06. The van der Waals surface area contributed by atoms with E-state index in [1.54, 1.807) is 17.8 Å². The van der Waals surface area contributed by atoms with Gasteiger partial charge in [0, 0.05) is 26.3 Å². The lowest BCUT2D eigenvalue weighted by atomic mass is 10.3. The van der Waals surface area contributed by atoms with E-state index in [1.807, 2.05) is 13.2 Å². The van der Waals surface area contributed by atoms with Gasteiger partial charge in [0.2, 0.25) is 0 Å². The fourth-order valence-corrected chi connectivity index (χ4v) is 3.66. The molecule has 1 rings (SSSR count). The van der Waals surface area contributed by atoms with Crippen LogP contribution in [0.25, 0.3) is 0 Å². The molecule has 0 aliphatic rings. The minimum absolute atomic E-state index is 0.157. The van der Waals surface area contributed by atoms with Crippen LogP contribution in [0.2, 0.25) is 0 Å². The molecular formula is C14H23N3O2S2. The maximum Gasteiger partial charge on any atom is 0.263 e. The molecule has 0 aliphatic carbocycles. The summed E-state index contributed by atoms with van der Waals surface area (Å²) in [5, 5.41) is 7.03. The minimum Gasteiger partial charge on any atom is -0.396 e. The monoisotopic (exact) mass is 329 g/mol. The molecule has 5 nitrogen and oxygen atoms in total. The molecule has 7 heteroatoms. The smallest absolute Gasteiger partial charge is 0.263 e. The first-order valence-electron chi connectivity index (χ1n) is 6.82. The molecule has 0 bridgehead atoms. The van der Waals surface area contributed by atoms with Gasteiger partial charge in [0.25, 0.3) is 5.91 Å². The Morgan fingerprint density at radius 2 is 2.33 bits per heavy atom. The molecular weight excluding hydrogens is 306 g/mol. The van der Waals surface area contributed by atoms with Gasteiger partial charge in [-0.25, -0.2) is 0 Å². The van der Waals surface area contributed by atoms with Crippen LogP contribution >= 0.6 is 23.1 Å². The molecule has 0 unspecified atom stereocenters. The Kier molecular flexibility index (Phi) is 8.26. The zero-order valence-corrected chi connectivity index (χ0v) is 14.2. The number of nitrogens with two attached hydrogens (primary N) is 1. The van der Waals surface area contributed by atoms with Crippen LogP contribution in [0.5, 0.6) is 0 Å². The maximum atomic E-state index is 12.0. The first-order valence-corrected chi connectivity index (χ1v) is 8.86. The number of carbonyl (C=O) groups excluding carboxylic acids is 1. The van der Waals surface area contributed by atoms with Crippen molar-refractivity contribution in [2.45, 2.75) is 18.2 Å². The lowest BCUT2D eigenvalue weighted by molar-refractivity contribution is 0.0962. The highest BCUT2D eigenvalue weighted by Crippen LogP contribution is 2.41. The Morgan fingerprint density at radius 1 is 1.57 bits per heavy atom. The van der Waals surface area contributed by atoms with Gasteiger partial charge >= 0.3 is 0 Å². The molecule has 0 aromatic carbocycles. The Bertz CT molecular complexity index is 475. The number of hydrogen-bond donors (Lipinski definition) is 3. The van der Waals surface area contributed by atoms with Crippen molar-refractivity contribution in [3.63, 3.8) is 0 Å². The largest absolute Gasteiger partial charge is 0.396 e. The van der Waals surface area contributed by atoms with E-state index >= 15 is 0 Å². The van der Waals surface area contributed by atoms with E-state index < -0.39 is 0 Å². The molecule has 0 atom stereocenters. The molecule has 21 heavy (non-hydrogen) atoms.